The molecule has 0 amide bonds. The summed E-state index contributed by atoms with van der Waals surface area (Å²) in [5, 5.41) is 1.43. The standard InChI is InChI=1S/C7H9P3/c1-9-10(8)7-5-3-2-4-6-7/h2-6H,1,8H2/p+1. The van der Waals surface area contributed by atoms with E-state index >= 15 is 0 Å². The van der Waals surface area contributed by atoms with Crippen LogP contribution in [0.1, 0.15) is 0 Å². The SMILES string of the molecule is C=[PH+]P(P)c1ccccc1. The Bertz CT molecular complexity index is 207. The third-order valence-electron chi connectivity index (χ3n) is 1.20. The summed E-state index contributed by atoms with van der Waals surface area (Å²) in [5.41, 5.74) is 0. The van der Waals surface area contributed by atoms with Crippen molar-refractivity contribution in [2.75, 3.05) is 0 Å². The van der Waals surface area contributed by atoms with Crippen molar-refractivity contribution < 1.29 is 0 Å². The van der Waals surface area contributed by atoms with Crippen LogP contribution >= 0.6 is 24.1 Å². The molecular weight excluding hydrogens is 177 g/mol. The number of benzene rings is 1. The first-order valence-electron chi connectivity index (χ1n) is 2.97. The number of rotatable bonds is 2. The van der Waals surface area contributed by atoms with Gasteiger partial charge in [-0.15, -0.1) is 0 Å². The minimum atomic E-state index is -0.0401. The number of hydrogen-bond acceptors (Lipinski definition) is 0. The van der Waals surface area contributed by atoms with Gasteiger partial charge in [0.25, 0.3) is 0 Å². The van der Waals surface area contributed by atoms with Crippen LogP contribution in [0.4, 0.5) is 0 Å². The molecule has 3 heteroatoms. The van der Waals surface area contributed by atoms with Gasteiger partial charge in [0.2, 0.25) is 0 Å². The Labute approximate surface area is 66.6 Å². The monoisotopic (exact) mass is 187 g/mol. The van der Waals surface area contributed by atoms with E-state index in [4.69, 9.17) is 0 Å². The van der Waals surface area contributed by atoms with Crippen molar-refractivity contribution >= 4 is 35.7 Å². The normalized spacial score (nSPS) is 13.3. The molecule has 52 valence electrons. The smallest absolute Gasteiger partial charge is 0.0622 e. The van der Waals surface area contributed by atoms with Gasteiger partial charge in [-0.3, -0.25) is 0 Å². The van der Waals surface area contributed by atoms with Crippen molar-refractivity contribution in [3.05, 3.63) is 30.3 Å². The van der Waals surface area contributed by atoms with Gasteiger partial charge >= 0.3 is 0 Å². The lowest BCUT2D eigenvalue weighted by molar-refractivity contribution is 1.78. The van der Waals surface area contributed by atoms with Crippen LogP contribution in [0.25, 0.3) is 0 Å². The molecule has 3 atom stereocenters. The molecule has 0 aliphatic heterocycles. The summed E-state index contributed by atoms with van der Waals surface area (Å²) in [6.07, 6.45) is 3.90. The zero-order valence-corrected chi connectivity index (χ0v) is 8.67. The zero-order chi connectivity index (χ0) is 7.40. The Balaban J connectivity index is 2.84. The molecule has 0 fully saturated rings. The molecule has 0 radical (unpaired) electrons. The third-order valence-corrected chi connectivity index (χ3v) is 6.73. The molecule has 3 unspecified atom stereocenters. The van der Waals surface area contributed by atoms with E-state index in [0.29, 0.717) is 0 Å². The molecule has 0 aliphatic carbocycles. The summed E-state index contributed by atoms with van der Waals surface area (Å²) in [7, 11) is 3.61. The van der Waals surface area contributed by atoms with Crippen molar-refractivity contribution in [1.82, 2.24) is 0 Å². The van der Waals surface area contributed by atoms with Crippen LogP contribution in [-0.2, 0) is 0 Å². The van der Waals surface area contributed by atoms with Crippen molar-refractivity contribution in [2.45, 2.75) is 0 Å². The number of hydrogen-bond donors (Lipinski definition) is 0. The predicted molar refractivity (Wildman–Crippen MR) is 58.1 cm³/mol. The van der Waals surface area contributed by atoms with Gasteiger partial charge in [-0.1, -0.05) is 39.3 Å². The van der Waals surface area contributed by atoms with Crippen molar-refractivity contribution in [3.63, 3.8) is 0 Å². The highest BCUT2D eigenvalue weighted by Crippen LogP contribution is 2.54. The fourth-order valence-corrected chi connectivity index (χ4v) is 2.87. The second-order valence-electron chi connectivity index (χ2n) is 1.86. The molecule has 0 bridgehead atoms. The first kappa shape index (κ1) is 8.35. The van der Waals surface area contributed by atoms with E-state index in [9.17, 15) is 0 Å². The van der Waals surface area contributed by atoms with E-state index in [1.807, 2.05) is 6.07 Å². The molecular formula is C7H10P3+. The average Bonchev–Trinajstić information content (AvgIpc) is 2.05. The highest BCUT2D eigenvalue weighted by Gasteiger charge is 2.05. The van der Waals surface area contributed by atoms with Crippen LogP contribution in [0.3, 0.4) is 0 Å². The molecule has 1 aromatic carbocycles. The first-order chi connectivity index (χ1) is 4.84. The molecule has 0 N–H and O–H groups in total. The zero-order valence-electron chi connectivity index (χ0n) is 5.62. The molecule has 1 rings (SSSR count). The van der Waals surface area contributed by atoms with Crippen LogP contribution in [-0.4, -0.2) is 6.30 Å². The van der Waals surface area contributed by atoms with Gasteiger partial charge in [0.15, 0.2) is 7.30 Å². The van der Waals surface area contributed by atoms with Crippen LogP contribution in [0.2, 0.25) is 0 Å². The van der Waals surface area contributed by atoms with Gasteiger partial charge in [0, 0.05) is 5.30 Å². The Morgan fingerprint density at radius 2 is 1.90 bits per heavy atom. The summed E-state index contributed by atoms with van der Waals surface area (Å²) < 4.78 is 0. The fraction of sp³-hybridized carbons (Fsp3) is 0. The summed E-state index contributed by atoms with van der Waals surface area (Å²) in [6.45, 7) is 0. The molecule has 1 aromatic rings. The van der Waals surface area contributed by atoms with E-state index in [1.165, 1.54) is 5.30 Å². The Morgan fingerprint density at radius 1 is 1.30 bits per heavy atom. The molecule has 0 aliphatic rings. The molecule has 0 saturated heterocycles. The summed E-state index contributed by atoms with van der Waals surface area (Å²) in [6, 6.07) is 10.5. The van der Waals surface area contributed by atoms with Gasteiger partial charge in [0.1, 0.15) is 0 Å². The van der Waals surface area contributed by atoms with Crippen molar-refractivity contribution in [3.8, 4) is 0 Å². The Hall–Kier alpha value is 0.250. The van der Waals surface area contributed by atoms with Crippen molar-refractivity contribution in [2.24, 2.45) is 0 Å². The molecule has 10 heavy (non-hydrogen) atoms. The highest BCUT2D eigenvalue weighted by molar-refractivity contribution is 8.49. The van der Waals surface area contributed by atoms with Crippen LogP contribution in [0.5, 0.6) is 0 Å². The van der Waals surface area contributed by atoms with Crippen LogP contribution in [0, 0.1) is 0 Å². The molecule has 0 saturated carbocycles. The molecule has 0 heterocycles. The largest absolute Gasteiger partial charge is 0.157 e. The highest BCUT2D eigenvalue weighted by atomic mass is 32.4. The van der Waals surface area contributed by atoms with Gasteiger partial charge < -0.3 is 0 Å². The molecule has 0 aromatic heterocycles. The Kier molecular flexibility index (Phi) is 3.50. The first-order valence-corrected chi connectivity index (χ1v) is 7.98. The van der Waals surface area contributed by atoms with E-state index < -0.39 is 0 Å². The van der Waals surface area contributed by atoms with E-state index in [2.05, 4.69) is 39.5 Å². The topological polar surface area (TPSA) is 0 Å². The summed E-state index contributed by atoms with van der Waals surface area (Å²) in [4.78, 5) is 0. The quantitative estimate of drug-likeness (QED) is 0.624. The fourth-order valence-electron chi connectivity index (χ4n) is 0.680. The van der Waals surface area contributed by atoms with E-state index in [-0.39, 0.29) is 7.30 Å². The van der Waals surface area contributed by atoms with E-state index in [0.717, 1.165) is 7.89 Å². The maximum Gasteiger partial charge on any atom is 0.157 e. The second-order valence-corrected chi connectivity index (χ2v) is 8.93. The molecule has 0 nitrogen and oxygen atoms in total. The Morgan fingerprint density at radius 3 is 2.40 bits per heavy atom. The van der Waals surface area contributed by atoms with Crippen molar-refractivity contribution in [1.29, 1.82) is 0 Å². The lowest BCUT2D eigenvalue weighted by Gasteiger charge is -1.95. The summed E-state index contributed by atoms with van der Waals surface area (Å²) >= 11 is 0. The lowest BCUT2D eigenvalue weighted by atomic mass is 10.4. The predicted octanol–water partition coefficient (Wildman–Crippen LogP) is 2.61. The average molecular weight is 187 g/mol. The van der Waals surface area contributed by atoms with Gasteiger partial charge in [0.05, 0.1) is 14.2 Å². The minimum absolute atomic E-state index is 0.0401. The second kappa shape index (κ2) is 4.20. The maximum absolute atomic E-state index is 3.90. The van der Waals surface area contributed by atoms with Gasteiger partial charge in [-0.25, -0.2) is 0 Å². The van der Waals surface area contributed by atoms with Crippen LogP contribution in [0.15, 0.2) is 30.3 Å². The minimum Gasteiger partial charge on any atom is -0.0622 e. The van der Waals surface area contributed by atoms with Gasteiger partial charge in [-0.05, 0) is 0 Å². The lowest BCUT2D eigenvalue weighted by Crippen LogP contribution is -1.89. The maximum atomic E-state index is 3.90. The van der Waals surface area contributed by atoms with Gasteiger partial charge in [-0.2, -0.15) is 0 Å². The van der Waals surface area contributed by atoms with E-state index in [1.54, 1.807) is 0 Å². The third kappa shape index (κ3) is 2.14. The summed E-state index contributed by atoms with van der Waals surface area (Å²) in [5.74, 6) is 0. The molecule has 0 spiro atoms. The van der Waals surface area contributed by atoms with Crippen LogP contribution < -0.4 is 5.30 Å².